The highest BCUT2D eigenvalue weighted by molar-refractivity contribution is 5.77. The molecule has 0 unspecified atom stereocenters. The lowest BCUT2D eigenvalue weighted by atomic mass is 9.98. The minimum Gasteiger partial charge on any atom is -0.444 e. The van der Waals surface area contributed by atoms with Crippen LogP contribution in [0.25, 0.3) is 11.5 Å². The molecule has 6 heteroatoms. The number of halogens is 1. The first-order chi connectivity index (χ1) is 12.2. The molecule has 0 saturated heterocycles. The third-order valence-corrected chi connectivity index (χ3v) is 4.35. The molecule has 0 spiro atoms. The fourth-order valence-electron chi connectivity index (χ4n) is 2.95. The molecule has 1 aliphatic carbocycles. The number of carbonyl (C=O) groups is 1. The Hall–Kier alpha value is -2.21. The van der Waals surface area contributed by atoms with E-state index in [0.29, 0.717) is 18.9 Å². The topological polar surface area (TPSA) is 64.4 Å². The summed E-state index contributed by atoms with van der Waals surface area (Å²) < 4.78 is 24.0. The summed E-state index contributed by atoms with van der Waals surface area (Å²) >= 11 is 0. The number of benzene rings is 1. The minimum atomic E-state index is -0.298. The molecule has 5 nitrogen and oxygen atoms in total. The van der Waals surface area contributed by atoms with Crippen LogP contribution >= 0.6 is 0 Å². The molecule has 1 N–H and O–H groups in total. The number of amides is 1. The zero-order chi connectivity index (χ0) is 17.5. The number of ether oxygens (including phenoxy) is 1. The van der Waals surface area contributed by atoms with E-state index in [1.165, 1.54) is 31.4 Å². The smallest absolute Gasteiger partial charge is 0.246 e. The maximum absolute atomic E-state index is 12.9. The van der Waals surface area contributed by atoms with Crippen LogP contribution in [0, 0.1) is 5.82 Å². The average molecular weight is 346 g/mol. The minimum absolute atomic E-state index is 0.104. The standard InChI is InChI=1S/C19H23FN2O3/c20-15-8-6-14(7-9-15)19-22-16(12-25-19)10-11-21-18(23)13-24-17-4-2-1-3-5-17/h6-9,12,17H,1-5,10-11,13H2,(H,21,23). The Labute approximate surface area is 146 Å². The Kier molecular flexibility index (Phi) is 6.17. The zero-order valence-electron chi connectivity index (χ0n) is 14.2. The van der Waals surface area contributed by atoms with Crippen LogP contribution in [0.5, 0.6) is 0 Å². The Bertz CT molecular complexity index is 678. The molecule has 134 valence electrons. The van der Waals surface area contributed by atoms with Crippen LogP contribution in [0.2, 0.25) is 0 Å². The van der Waals surface area contributed by atoms with Gasteiger partial charge in [-0.05, 0) is 37.1 Å². The number of rotatable bonds is 7. The van der Waals surface area contributed by atoms with Gasteiger partial charge in [-0.15, -0.1) is 0 Å². The Balaban J connectivity index is 1.38. The van der Waals surface area contributed by atoms with Gasteiger partial charge in [0.15, 0.2) is 0 Å². The lowest BCUT2D eigenvalue weighted by Gasteiger charge is -2.21. The number of carbonyl (C=O) groups excluding carboxylic acids is 1. The summed E-state index contributed by atoms with van der Waals surface area (Å²) in [6.45, 7) is 0.590. The van der Waals surface area contributed by atoms with E-state index in [9.17, 15) is 9.18 Å². The van der Waals surface area contributed by atoms with Gasteiger partial charge in [0.25, 0.3) is 0 Å². The first kappa shape index (κ1) is 17.6. The predicted octanol–water partition coefficient (Wildman–Crippen LogP) is 3.49. The van der Waals surface area contributed by atoms with Crippen LogP contribution in [-0.4, -0.2) is 30.1 Å². The summed E-state index contributed by atoms with van der Waals surface area (Å²) in [5.41, 5.74) is 1.46. The summed E-state index contributed by atoms with van der Waals surface area (Å²) in [7, 11) is 0. The quantitative estimate of drug-likeness (QED) is 0.833. The van der Waals surface area contributed by atoms with Crippen molar-refractivity contribution in [2.24, 2.45) is 0 Å². The monoisotopic (exact) mass is 346 g/mol. The third kappa shape index (κ3) is 5.39. The van der Waals surface area contributed by atoms with E-state index in [0.717, 1.165) is 24.1 Å². The van der Waals surface area contributed by atoms with Crippen molar-refractivity contribution >= 4 is 5.91 Å². The number of hydrogen-bond donors (Lipinski definition) is 1. The maximum atomic E-state index is 12.9. The number of nitrogens with zero attached hydrogens (tertiary/aromatic N) is 1. The van der Waals surface area contributed by atoms with Gasteiger partial charge in [0.05, 0.1) is 11.8 Å². The Morgan fingerprint density at radius 2 is 2.00 bits per heavy atom. The molecule has 0 bridgehead atoms. The number of hydrogen-bond acceptors (Lipinski definition) is 4. The van der Waals surface area contributed by atoms with Crippen molar-refractivity contribution in [3.63, 3.8) is 0 Å². The summed E-state index contributed by atoms with van der Waals surface area (Å²) in [6, 6.07) is 5.97. The van der Waals surface area contributed by atoms with Crippen LogP contribution in [0.1, 0.15) is 37.8 Å². The normalized spacial score (nSPS) is 15.2. The molecule has 25 heavy (non-hydrogen) atoms. The van der Waals surface area contributed by atoms with E-state index >= 15 is 0 Å². The van der Waals surface area contributed by atoms with E-state index in [1.54, 1.807) is 18.4 Å². The van der Waals surface area contributed by atoms with Gasteiger partial charge in [-0.1, -0.05) is 19.3 Å². The number of nitrogens with one attached hydrogen (secondary N) is 1. The van der Waals surface area contributed by atoms with Gasteiger partial charge in [0.1, 0.15) is 18.7 Å². The molecule has 0 atom stereocenters. The summed E-state index contributed by atoms with van der Waals surface area (Å²) in [6.07, 6.45) is 8.11. The van der Waals surface area contributed by atoms with Gasteiger partial charge in [-0.3, -0.25) is 4.79 Å². The molecular weight excluding hydrogens is 323 g/mol. The second kappa shape index (κ2) is 8.76. The van der Waals surface area contributed by atoms with Gasteiger partial charge in [-0.2, -0.15) is 0 Å². The molecule has 1 heterocycles. The van der Waals surface area contributed by atoms with Gasteiger partial charge in [0.2, 0.25) is 11.8 Å². The van der Waals surface area contributed by atoms with Crippen LogP contribution in [0.15, 0.2) is 34.9 Å². The molecule has 1 saturated carbocycles. The van der Waals surface area contributed by atoms with E-state index < -0.39 is 0 Å². The number of oxazole rings is 1. The SMILES string of the molecule is O=C(COC1CCCCC1)NCCc1coc(-c2ccc(F)cc2)n1. The molecular formula is C19H23FN2O3. The van der Waals surface area contributed by atoms with E-state index in [2.05, 4.69) is 10.3 Å². The van der Waals surface area contributed by atoms with Crippen molar-refractivity contribution in [1.82, 2.24) is 10.3 Å². The summed E-state index contributed by atoms with van der Waals surface area (Å²) in [5, 5.41) is 2.83. The number of aromatic nitrogens is 1. The maximum Gasteiger partial charge on any atom is 0.246 e. The van der Waals surface area contributed by atoms with Crippen molar-refractivity contribution < 1.29 is 18.3 Å². The van der Waals surface area contributed by atoms with E-state index in [4.69, 9.17) is 9.15 Å². The van der Waals surface area contributed by atoms with E-state index in [-0.39, 0.29) is 24.4 Å². The van der Waals surface area contributed by atoms with Crippen molar-refractivity contribution in [2.45, 2.75) is 44.6 Å². The van der Waals surface area contributed by atoms with Crippen LogP contribution < -0.4 is 5.32 Å². The Morgan fingerprint density at radius 3 is 2.76 bits per heavy atom. The lowest BCUT2D eigenvalue weighted by Crippen LogP contribution is -2.31. The first-order valence-corrected chi connectivity index (χ1v) is 8.79. The van der Waals surface area contributed by atoms with Gasteiger partial charge in [-0.25, -0.2) is 9.37 Å². The summed E-state index contributed by atoms with van der Waals surface area (Å²) in [4.78, 5) is 16.2. The van der Waals surface area contributed by atoms with Crippen LogP contribution in [0.3, 0.4) is 0 Å². The van der Waals surface area contributed by atoms with Gasteiger partial charge >= 0.3 is 0 Å². The first-order valence-electron chi connectivity index (χ1n) is 8.79. The van der Waals surface area contributed by atoms with Crippen molar-refractivity contribution in [3.05, 3.63) is 42.0 Å². The molecule has 2 aromatic rings. The molecule has 1 aromatic carbocycles. The second-order valence-electron chi connectivity index (χ2n) is 6.32. The third-order valence-electron chi connectivity index (χ3n) is 4.35. The molecule has 3 rings (SSSR count). The van der Waals surface area contributed by atoms with Gasteiger partial charge < -0.3 is 14.5 Å². The highest BCUT2D eigenvalue weighted by atomic mass is 19.1. The van der Waals surface area contributed by atoms with Crippen molar-refractivity contribution in [1.29, 1.82) is 0 Å². The highest BCUT2D eigenvalue weighted by Crippen LogP contribution is 2.20. The van der Waals surface area contributed by atoms with Crippen molar-refractivity contribution in [3.8, 4) is 11.5 Å². The van der Waals surface area contributed by atoms with Crippen molar-refractivity contribution in [2.75, 3.05) is 13.2 Å². The lowest BCUT2D eigenvalue weighted by molar-refractivity contribution is -0.128. The molecule has 0 radical (unpaired) electrons. The average Bonchev–Trinajstić information content (AvgIpc) is 3.10. The van der Waals surface area contributed by atoms with Crippen LogP contribution in [0.4, 0.5) is 4.39 Å². The fourth-order valence-corrected chi connectivity index (χ4v) is 2.95. The predicted molar refractivity (Wildman–Crippen MR) is 91.4 cm³/mol. The zero-order valence-corrected chi connectivity index (χ0v) is 14.2. The van der Waals surface area contributed by atoms with Crippen LogP contribution in [-0.2, 0) is 16.0 Å². The van der Waals surface area contributed by atoms with E-state index in [1.807, 2.05) is 0 Å². The largest absolute Gasteiger partial charge is 0.444 e. The molecule has 1 amide bonds. The summed E-state index contributed by atoms with van der Waals surface area (Å²) in [5.74, 6) is 0.0449. The highest BCUT2D eigenvalue weighted by Gasteiger charge is 2.15. The molecule has 1 fully saturated rings. The van der Waals surface area contributed by atoms with Gasteiger partial charge in [0, 0.05) is 18.5 Å². The Morgan fingerprint density at radius 1 is 1.24 bits per heavy atom. The molecule has 1 aliphatic rings. The fraction of sp³-hybridized carbons (Fsp3) is 0.474. The molecule has 1 aromatic heterocycles. The second-order valence-corrected chi connectivity index (χ2v) is 6.32. The molecule has 0 aliphatic heterocycles.